The molecule has 1 N–H and O–H groups in total. The number of carboxylic acids is 1. The fourth-order valence-corrected chi connectivity index (χ4v) is 4.15. The Morgan fingerprint density at radius 2 is 2.00 bits per heavy atom. The summed E-state index contributed by atoms with van der Waals surface area (Å²) >= 11 is 0. The van der Waals surface area contributed by atoms with E-state index in [0.717, 1.165) is 45.2 Å². The van der Waals surface area contributed by atoms with Gasteiger partial charge in [0.05, 0.1) is 6.42 Å². The number of rotatable bonds is 3. The minimum atomic E-state index is -0.718. The van der Waals surface area contributed by atoms with Crippen LogP contribution in [0.2, 0.25) is 0 Å². The highest BCUT2D eigenvalue weighted by Crippen LogP contribution is 2.35. The van der Waals surface area contributed by atoms with E-state index < -0.39 is 5.97 Å². The van der Waals surface area contributed by atoms with E-state index in [4.69, 9.17) is 5.11 Å². The SMILES string of the molecule is O=C(O)CC1CCCCN1C1CC(=O)N2CCCC12. The van der Waals surface area contributed by atoms with E-state index in [9.17, 15) is 9.59 Å². The van der Waals surface area contributed by atoms with Crippen molar-refractivity contribution in [1.29, 1.82) is 0 Å². The summed E-state index contributed by atoms with van der Waals surface area (Å²) < 4.78 is 0. The highest BCUT2D eigenvalue weighted by Gasteiger charge is 2.46. The maximum absolute atomic E-state index is 12.0. The lowest BCUT2D eigenvalue weighted by Crippen LogP contribution is -2.51. The summed E-state index contributed by atoms with van der Waals surface area (Å²) in [5.74, 6) is -0.448. The Labute approximate surface area is 113 Å². The van der Waals surface area contributed by atoms with Crippen molar-refractivity contribution in [3.05, 3.63) is 0 Å². The van der Waals surface area contributed by atoms with Gasteiger partial charge in [0.15, 0.2) is 0 Å². The fourth-order valence-electron chi connectivity index (χ4n) is 4.15. The van der Waals surface area contributed by atoms with Crippen LogP contribution in [-0.2, 0) is 9.59 Å². The molecular weight excluding hydrogens is 244 g/mol. The molecule has 0 saturated carbocycles. The van der Waals surface area contributed by atoms with Gasteiger partial charge in [-0.15, -0.1) is 0 Å². The van der Waals surface area contributed by atoms with E-state index in [1.807, 2.05) is 4.90 Å². The van der Waals surface area contributed by atoms with Crippen LogP contribution in [0.1, 0.15) is 44.9 Å². The normalized spacial score (nSPS) is 35.7. The molecule has 106 valence electrons. The van der Waals surface area contributed by atoms with Crippen LogP contribution in [0.15, 0.2) is 0 Å². The number of likely N-dealkylation sites (tertiary alicyclic amines) is 1. The van der Waals surface area contributed by atoms with Crippen LogP contribution in [-0.4, -0.2) is 58.0 Å². The number of nitrogens with zero attached hydrogens (tertiary/aromatic N) is 2. The number of piperidine rings is 1. The number of fused-ring (bicyclic) bond motifs is 1. The van der Waals surface area contributed by atoms with Crippen molar-refractivity contribution in [3.8, 4) is 0 Å². The number of hydrogen-bond acceptors (Lipinski definition) is 3. The molecule has 19 heavy (non-hydrogen) atoms. The molecule has 5 heteroatoms. The minimum absolute atomic E-state index is 0.129. The summed E-state index contributed by atoms with van der Waals surface area (Å²) in [6.07, 6.45) is 6.22. The molecule has 0 radical (unpaired) electrons. The third-order valence-electron chi connectivity index (χ3n) is 4.96. The van der Waals surface area contributed by atoms with Gasteiger partial charge in [0.1, 0.15) is 0 Å². The van der Waals surface area contributed by atoms with Crippen molar-refractivity contribution < 1.29 is 14.7 Å². The number of aliphatic carboxylic acids is 1. The topological polar surface area (TPSA) is 60.9 Å². The van der Waals surface area contributed by atoms with E-state index in [1.165, 1.54) is 0 Å². The molecule has 5 nitrogen and oxygen atoms in total. The van der Waals surface area contributed by atoms with Gasteiger partial charge < -0.3 is 10.0 Å². The average molecular weight is 266 g/mol. The Bertz CT molecular complexity index is 385. The summed E-state index contributed by atoms with van der Waals surface area (Å²) in [5, 5.41) is 9.06. The van der Waals surface area contributed by atoms with Gasteiger partial charge in [-0.05, 0) is 32.2 Å². The van der Waals surface area contributed by atoms with Crippen LogP contribution < -0.4 is 0 Å². The number of carbonyl (C=O) groups excluding carboxylic acids is 1. The maximum atomic E-state index is 12.0. The lowest BCUT2D eigenvalue weighted by atomic mass is 9.94. The van der Waals surface area contributed by atoms with Crippen LogP contribution in [0, 0.1) is 0 Å². The van der Waals surface area contributed by atoms with Gasteiger partial charge in [0, 0.05) is 31.1 Å². The van der Waals surface area contributed by atoms with Gasteiger partial charge in [0.25, 0.3) is 0 Å². The largest absolute Gasteiger partial charge is 0.481 e. The molecule has 3 rings (SSSR count). The first kappa shape index (κ1) is 12.9. The summed E-state index contributed by atoms with van der Waals surface area (Å²) in [5.41, 5.74) is 0. The Balaban J connectivity index is 1.75. The molecule has 3 heterocycles. The van der Waals surface area contributed by atoms with Gasteiger partial charge in [0.2, 0.25) is 5.91 Å². The predicted octanol–water partition coefficient (Wildman–Crippen LogP) is 1.08. The Hall–Kier alpha value is -1.10. The summed E-state index contributed by atoms with van der Waals surface area (Å²) in [7, 11) is 0. The molecular formula is C14H22N2O3. The van der Waals surface area contributed by atoms with Crippen LogP contribution in [0.3, 0.4) is 0 Å². The number of carboxylic acid groups (broad SMARTS) is 1. The lowest BCUT2D eigenvalue weighted by Gasteiger charge is -2.41. The average Bonchev–Trinajstić information content (AvgIpc) is 2.94. The standard InChI is InChI=1S/C14H22N2O3/c17-13-9-12(11-5-3-7-16(11)13)15-6-2-1-4-10(15)8-14(18)19/h10-12H,1-9H2,(H,18,19). The van der Waals surface area contributed by atoms with E-state index in [2.05, 4.69) is 4.90 Å². The summed E-state index contributed by atoms with van der Waals surface area (Å²) in [4.78, 5) is 27.4. The first-order valence-corrected chi connectivity index (χ1v) is 7.44. The monoisotopic (exact) mass is 266 g/mol. The van der Waals surface area contributed by atoms with E-state index in [1.54, 1.807) is 0 Å². The number of amides is 1. The van der Waals surface area contributed by atoms with Crippen molar-refractivity contribution >= 4 is 11.9 Å². The van der Waals surface area contributed by atoms with Gasteiger partial charge in [-0.3, -0.25) is 14.5 Å². The summed E-state index contributed by atoms with van der Waals surface area (Å²) in [6.45, 7) is 1.86. The molecule has 1 amide bonds. The second-order valence-corrected chi connectivity index (χ2v) is 6.05. The van der Waals surface area contributed by atoms with E-state index in [-0.39, 0.29) is 24.4 Å². The Morgan fingerprint density at radius 3 is 2.79 bits per heavy atom. The van der Waals surface area contributed by atoms with Gasteiger partial charge in [-0.2, -0.15) is 0 Å². The van der Waals surface area contributed by atoms with Crippen LogP contribution in [0.5, 0.6) is 0 Å². The molecule has 0 bridgehead atoms. The fraction of sp³-hybridized carbons (Fsp3) is 0.857. The highest BCUT2D eigenvalue weighted by atomic mass is 16.4. The van der Waals surface area contributed by atoms with Crippen molar-refractivity contribution in [2.24, 2.45) is 0 Å². The van der Waals surface area contributed by atoms with Gasteiger partial charge in [-0.25, -0.2) is 0 Å². The van der Waals surface area contributed by atoms with Crippen LogP contribution in [0.4, 0.5) is 0 Å². The molecule has 0 aliphatic carbocycles. The molecule has 3 fully saturated rings. The van der Waals surface area contributed by atoms with Crippen molar-refractivity contribution in [2.75, 3.05) is 13.1 Å². The molecule has 3 atom stereocenters. The zero-order chi connectivity index (χ0) is 13.4. The first-order chi connectivity index (χ1) is 9.16. The van der Waals surface area contributed by atoms with Crippen LogP contribution >= 0.6 is 0 Å². The molecule has 0 aromatic rings. The predicted molar refractivity (Wildman–Crippen MR) is 69.7 cm³/mol. The maximum Gasteiger partial charge on any atom is 0.304 e. The summed E-state index contributed by atoms with van der Waals surface area (Å²) in [6, 6.07) is 0.742. The second-order valence-electron chi connectivity index (χ2n) is 6.05. The lowest BCUT2D eigenvalue weighted by molar-refractivity contribution is -0.139. The third-order valence-corrected chi connectivity index (χ3v) is 4.96. The molecule has 3 saturated heterocycles. The second kappa shape index (κ2) is 5.12. The smallest absolute Gasteiger partial charge is 0.304 e. The van der Waals surface area contributed by atoms with E-state index in [0.29, 0.717) is 12.5 Å². The molecule has 0 aromatic carbocycles. The van der Waals surface area contributed by atoms with Gasteiger partial charge >= 0.3 is 5.97 Å². The Morgan fingerprint density at radius 1 is 1.16 bits per heavy atom. The Kier molecular flexibility index (Phi) is 3.48. The van der Waals surface area contributed by atoms with Crippen molar-refractivity contribution in [1.82, 2.24) is 9.80 Å². The quantitative estimate of drug-likeness (QED) is 0.830. The zero-order valence-electron chi connectivity index (χ0n) is 11.3. The molecule has 3 unspecified atom stereocenters. The molecule has 0 spiro atoms. The first-order valence-electron chi connectivity index (χ1n) is 7.44. The minimum Gasteiger partial charge on any atom is -0.481 e. The molecule has 0 aromatic heterocycles. The molecule has 3 aliphatic rings. The van der Waals surface area contributed by atoms with Crippen molar-refractivity contribution in [2.45, 2.75) is 63.1 Å². The highest BCUT2D eigenvalue weighted by molar-refractivity contribution is 5.80. The van der Waals surface area contributed by atoms with Crippen molar-refractivity contribution in [3.63, 3.8) is 0 Å². The third kappa shape index (κ3) is 2.36. The van der Waals surface area contributed by atoms with E-state index >= 15 is 0 Å². The number of hydrogen-bond donors (Lipinski definition) is 1. The number of carbonyl (C=O) groups is 2. The van der Waals surface area contributed by atoms with Gasteiger partial charge in [-0.1, -0.05) is 6.42 Å². The molecule has 3 aliphatic heterocycles. The zero-order valence-corrected chi connectivity index (χ0v) is 11.3. The van der Waals surface area contributed by atoms with Crippen LogP contribution in [0.25, 0.3) is 0 Å².